The molecule has 10 heteroatoms. The Bertz CT molecular complexity index is 1080. The molecule has 0 aliphatic carbocycles. The second kappa shape index (κ2) is 10.4. The molecule has 1 fully saturated rings. The quantitative estimate of drug-likeness (QED) is 0.159. The minimum absolute atomic E-state index is 0.0925. The van der Waals surface area contributed by atoms with Gasteiger partial charge in [0.25, 0.3) is 0 Å². The Kier molecular flexibility index (Phi) is 7.57. The van der Waals surface area contributed by atoms with Crippen LogP contribution in [0.1, 0.15) is 28.8 Å². The van der Waals surface area contributed by atoms with Gasteiger partial charge in [0, 0.05) is 19.2 Å². The van der Waals surface area contributed by atoms with Gasteiger partial charge in [-0.25, -0.2) is 4.79 Å². The summed E-state index contributed by atoms with van der Waals surface area (Å²) in [6.45, 7) is 4.04. The highest BCUT2D eigenvalue weighted by atomic mass is 32.2. The van der Waals surface area contributed by atoms with E-state index in [9.17, 15) is 13.2 Å². The van der Waals surface area contributed by atoms with Crippen molar-refractivity contribution in [3.63, 3.8) is 0 Å². The van der Waals surface area contributed by atoms with E-state index in [1.54, 1.807) is 18.5 Å². The van der Waals surface area contributed by atoms with Gasteiger partial charge in [0.1, 0.15) is 22.7 Å². The summed E-state index contributed by atoms with van der Waals surface area (Å²) in [5.74, 6) is 5.43. The van der Waals surface area contributed by atoms with Gasteiger partial charge in [-0.1, -0.05) is 12.1 Å². The molecular weight excluding hydrogens is 434 g/mol. The lowest BCUT2D eigenvalue weighted by Crippen LogP contribution is -2.34. The number of ether oxygens (including phenoxy) is 2. The van der Waals surface area contributed by atoms with Gasteiger partial charge in [-0.05, 0) is 55.5 Å². The van der Waals surface area contributed by atoms with E-state index in [-0.39, 0.29) is 16.2 Å². The molecule has 32 heavy (non-hydrogen) atoms. The molecule has 2 aromatic carbocycles. The lowest BCUT2D eigenvalue weighted by molar-refractivity contribution is 0.0596. The minimum atomic E-state index is -4.26. The van der Waals surface area contributed by atoms with Crippen LogP contribution < -0.4 is 14.8 Å². The molecule has 9 nitrogen and oxygen atoms in total. The van der Waals surface area contributed by atoms with Crippen LogP contribution in [0, 0.1) is 12.8 Å². The number of aryl methyl sites for hydroxylation is 1. The van der Waals surface area contributed by atoms with E-state index in [0.717, 1.165) is 31.5 Å². The second-order valence-corrected chi connectivity index (χ2v) is 9.08. The van der Waals surface area contributed by atoms with E-state index in [4.69, 9.17) is 14.8 Å². The normalized spacial score (nSPS) is 15.0. The summed E-state index contributed by atoms with van der Waals surface area (Å²) >= 11 is 0. The number of hydrazone groups is 1. The van der Waals surface area contributed by atoms with Gasteiger partial charge >= 0.3 is 16.1 Å². The van der Waals surface area contributed by atoms with Crippen LogP contribution in [0.5, 0.6) is 11.5 Å². The van der Waals surface area contributed by atoms with Crippen molar-refractivity contribution in [1.29, 1.82) is 0 Å². The number of benzene rings is 2. The van der Waals surface area contributed by atoms with Crippen LogP contribution in [0.2, 0.25) is 0 Å². The number of likely N-dealkylation sites (tertiary alicyclic amines) is 1. The van der Waals surface area contributed by atoms with Crippen molar-refractivity contribution in [2.45, 2.75) is 24.7 Å². The maximum atomic E-state index is 12.9. The van der Waals surface area contributed by atoms with Crippen molar-refractivity contribution in [3.05, 3.63) is 53.6 Å². The monoisotopic (exact) mass is 461 g/mol. The zero-order valence-corrected chi connectivity index (χ0v) is 18.9. The summed E-state index contributed by atoms with van der Waals surface area (Å²) < 4.78 is 41.7. The summed E-state index contributed by atoms with van der Waals surface area (Å²) in [6, 6.07) is 10.7. The summed E-state index contributed by atoms with van der Waals surface area (Å²) in [7, 11) is -3.08. The van der Waals surface area contributed by atoms with Gasteiger partial charge in [0.15, 0.2) is 0 Å². The van der Waals surface area contributed by atoms with Crippen LogP contribution in [0.4, 0.5) is 0 Å². The maximum Gasteiger partial charge on any atom is 0.340 e. The summed E-state index contributed by atoms with van der Waals surface area (Å²) in [5, 5.41) is 3.55. The zero-order valence-electron chi connectivity index (χ0n) is 18.1. The van der Waals surface area contributed by atoms with Crippen molar-refractivity contribution in [1.82, 2.24) is 4.90 Å². The molecule has 1 heterocycles. The van der Waals surface area contributed by atoms with E-state index >= 15 is 0 Å². The van der Waals surface area contributed by atoms with Crippen molar-refractivity contribution in [2.24, 2.45) is 16.9 Å². The molecule has 0 bridgehead atoms. The zero-order chi connectivity index (χ0) is 23.1. The van der Waals surface area contributed by atoms with E-state index in [2.05, 4.69) is 14.7 Å². The third-order valence-corrected chi connectivity index (χ3v) is 6.46. The summed E-state index contributed by atoms with van der Waals surface area (Å²) in [5.41, 5.74) is 0.688. The molecule has 0 saturated carbocycles. The summed E-state index contributed by atoms with van der Waals surface area (Å²) in [4.78, 5) is 13.8. The molecule has 0 atom stereocenters. The number of piperidine rings is 1. The van der Waals surface area contributed by atoms with Crippen molar-refractivity contribution in [2.75, 3.05) is 26.8 Å². The molecule has 3 rings (SSSR count). The first kappa shape index (κ1) is 23.4. The predicted molar refractivity (Wildman–Crippen MR) is 119 cm³/mol. The summed E-state index contributed by atoms with van der Waals surface area (Å²) in [6.07, 6.45) is 3.53. The van der Waals surface area contributed by atoms with Crippen LogP contribution in [0.3, 0.4) is 0 Å². The lowest BCUT2D eigenvalue weighted by atomic mass is 9.98. The number of esters is 1. The molecular formula is C22H27N3O6S. The van der Waals surface area contributed by atoms with Crippen LogP contribution in [-0.4, -0.2) is 52.4 Å². The molecule has 1 aliphatic rings. The third kappa shape index (κ3) is 5.91. The Morgan fingerprint density at radius 2 is 1.88 bits per heavy atom. The van der Waals surface area contributed by atoms with Crippen LogP contribution in [-0.2, 0) is 14.9 Å². The first-order chi connectivity index (χ1) is 15.3. The number of methoxy groups -OCH3 is 1. The third-order valence-electron chi connectivity index (χ3n) is 5.16. The van der Waals surface area contributed by atoms with Gasteiger partial charge in [-0.3, -0.25) is 0 Å². The SMILES string of the molecule is COC(=O)c1ccccc1S(=O)(=O)Oc1cc(C)cc(OCC2CCN(C=NN)CC2)c1. The maximum absolute atomic E-state index is 12.9. The van der Waals surface area contributed by atoms with Crippen LogP contribution in [0.25, 0.3) is 0 Å². The van der Waals surface area contributed by atoms with Crippen LogP contribution >= 0.6 is 0 Å². The number of nitrogens with zero attached hydrogens (tertiary/aromatic N) is 2. The van der Waals surface area contributed by atoms with Gasteiger partial charge in [0.2, 0.25) is 0 Å². The predicted octanol–water partition coefficient (Wildman–Crippen LogP) is 2.54. The molecule has 1 aliphatic heterocycles. The van der Waals surface area contributed by atoms with Crippen molar-refractivity contribution in [3.8, 4) is 11.5 Å². The first-order valence-electron chi connectivity index (χ1n) is 10.2. The minimum Gasteiger partial charge on any atom is -0.493 e. The van der Waals surface area contributed by atoms with E-state index in [0.29, 0.717) is 18.3 Å². The number of hydrogen-bond acceptors (Lipinski definition) is 8. The lowest BCUT2D eigenvalue weighted by Gasteiger charge is -2.30. The van der Waals surface area contributed by atoms with Gasteiger partial charge < -0.3 is 24.4 Å². The number of carbonyl (C=O) groups excluding carboxylic acids is 1. The number of carbonyl (C=O) groups is 1. The number of rotatable bonds is 8. The van der Waals surface area contributed by atoms with Crippen molar-refractivity contribution >= 4 is 22.4 Å². The van der Waals surface area contributed by atoms with E-state index < -0.39 is 16.1 Å². The Labute approximate surface area is 187 Å². The molecule has 2 N–H and O–H groups in total. The Morgan fingerprint density at radius 3 is 2.56 bits per heavy atom. The molecule has 1 saturated heterocycles. The highest BCUT2D eigenvalue weighted by Gasteiger charge is 2.25. The molecule has 172 valence electrons. The first-order valence-corrected chi connectivity index (χ1v) is 11.6. The topological polar surface area (TPSA) is 121 Å². The van der Waals surface area contributed by atoms with Crippen molar-refractivity contribution < 1.29 is 26.9 Å². The van der Waals surface area contributed by atoms with Gasteiger partial charge in [-0.15, -0.1) is 0 Å². The number of hydrogen-bond donors (Lipinski definition) is 1. The van der Waals surface area contributed by atoms with Gasteiger partial charge in [0.05, 0.1) is 19.3 Å². The average molecular weight is 462 g/mol. The molecule has 2 aromatic rings. The Morgan fingerprint density at radius 1 is 1.19 bits per heavy atom. The highest BCUT2D eigenvalue weighted by Crippen LogP contribution is 2.28. The molecule has 0 amide bonds. The largest absolute Gasteiger partial charge is 0.493 e. The Hall–Kier alpha value is -3.27. The average Bonchev–Trinajstić information content (AvgIpc) is 2.77. The standard InChI is InChI=1S/C22H27N3O6S/c1-16-11-18(30-14-17-7-9-25(10-8-17)15-24-23)13-19(12-16)31-32(27,28)21-6-4-3-5-20(21)22(26)29-2/h3-6,11-13,15,17H,7-10,14,23H2,1-2H3. The molecule has 0 aromatic heterocycles. The van der Waals surface area contributed by atoms with E-state index in [1.165, 1.54) is 31.4 Å². The fraction of sp³-hybridized carbons (Fsp3) is 0.364. The second-order valence-electron chi connectivity index (χ2n) is 7.56. The number of nitrogens with two attached hydrogens (primary N) is 1. The molecule has 0 spiro atoms. The highest BCUT2D eigenvalue weighted by molar-refractivity contribution is 7.87. The van der Waals surface area contributed by atoms with Gasteiger partial charge in [-0.2, -0.15) is 13.5 Å². The Balaban J connectivity index is 1.70. The molecule has 0 radical (unpaired) electrons. The fourth-order valence-corrected chi connectivity index (χ4v) is 4.63. The van der Waals surface area contributed by atoms with E-state index in [1.807, 2.05) is 13.0 Å². The molecule has 0 unspecified atom stereocenters. The smallest absolute Gasteiger partial charge is 0.340 e. The van der Waals surface area contributed by atoms with Crippen LogP contribution in [0.15, 0.2) is 52.5 Å². The fourth-order valence-electron chi connectivity index (χ4n) is 3.52.